The predicted octanol–water partition coefficient (Wildman–Crippen LogP) is 3.01. The second-order valence-corrected chi connectivity index (χ2v) is 9.02. The van der Waals surface area contributed by atoms with Gasteiger partial charge in [-0.05, 0) is 49.8 Å². The fourth-order valence-electron chi connectivity index (χ4n) is 3.69. The van der Waals surface area contributed by atoms with Crippen molar-refractivity contribution in [3.63, 3.8) is 0 Å². The zero-order chi connectivity index (χ0) is 26.7. The quantitative estimate of drug-likeness (QED) is 0.313. The molecule has 3 atom stereocenters. The number of aryl methyl sites for hydroxylation is 1. The van der Waals surface area contributed by atoms with Crippen molar-refractivity contribution in [3.05, 3.63) is 65.7 Å². The fraction of sp³-hybridized carbons (Fsp3) is 0.407. The summed E-state index contributed by atoms with van der Waals surface area (Å²) in [4.78, 5) is 50.0. The molecule has 9 nitrogen and oxygen atoms in total. The molecule has 0 spiro atoms. The summed E-state index contributed by atoms with van der Waals surface area (Å²) < 4.78 is 4.78. The molecule has 4 N–H and O–H groups in total. The van der Waals surface area contributed by atoms with Crippen LogP contribution in [0.15, 0.2) is 54.6 Å². The van der Waals surface area contributed by atoms with Crippen molar-refractivity contribution in [1.29, 1.82) is 0 Å². The predicted molar refractivity (Wildman–Crippen MR) is 137 cm³/mol. The second kappa shape index (κ2) is 14.0. The Hall–Kier alpha value is -3.72. The van der Waals surface area contributed by atoms with E-state index < -0.39 is 41.9 Å². The van der Waals surface area contributed by atoms with Crippen LogP contribution in [-0.4, -0.2) is 54.1 Å². The molecule has 0 heterocycles. The number of esters is 1. The average Bonchev–Trinajstić information content (AvgIpc) is 2.85. The van der Waals surface area contributed by atoms with E-state index in [0.29, 0.717) is 19.3 Å². The Kier molecular flexibility index (Phi) is 11.1. The Morgan fingerprint density at radius 2 is 1.53 bits per heavy atom. The molecular formula is C27H35N3O6. The highest BCUT2D eigenvalue weighted by atomic mass is 16.5. The third kappa shape index (κ3) is 8.81. The summed E-state index contributed by atoms with van der Waals surface area (Å²) in [6.07, 6.45) is 1.23. The van der Waals surface area contributed by atoms with Gasteiger partial charge in [-0.25, -0.2) is 4.79 Å². The lowest BCUT2D eigenvalue weighted by Crippen LogP contribution is -2.54. The Morgan fingerprint density at radius 1 is 0.889 bits per heavy atom. The molecule has 2 rings (SSSR count). The van der Waals surface area contributed by atoms with Gasteiger partial charge >= 0.3 is 11.9 Å². The number of carbonyl (C=O) groups is 4. The van der Waals surface area contributed by atoms with Gasteiger partial charge in [0.1, 0.15) is 12.1 Å². The number of ether oxygens (including phenoxy) is 1. The zero-order valence-electron chi connectivity index (χ0n) is 21.1. The first kappa shape index (κ1) is 28.5. The van der Waals surface area contributed by atoms with E-state index in [2.05, 4.69) is 16.0 Å². The molecule has 0 radical (unpaired) electrons. The molecular weight excluding hydrogens is 462 g/mol. The van der Waals surface area contributed by atoms with Gasteiger partial charge in [0.25, 0.3) is 0 Å². The SMILES string of the molecule is COC(=O)c1ccccc1NC(=O)[C@H](CC(C)C)NC(=O)[C@H](CCc1ccccc1)N[C@H](C)C(=O)O. The van der Waals surface area contributed by atoms with Gasteiger partial charge in [0.05, 0.1) is 24.4 Å². The number of hydrogen-bond donors (Lipinski definition) is 4. The van der Waals surface area contributed by atoms with Crippen LogP contribution in [0.1, 0.15) is 49.5 Å². The molecule has 0 fully saturated rings. The lowest BCUT2D eigenvalue weighted by molar-refractivity contribution is -0.139. The average molecular weight is 498 g/mol. The summed E-state index contributed by atoms with van der Waals surface area (Å²) in [5, 5.41) is 17.7. The minimum Gasteiger partial charge on any atom is -0.480 e. The smallest absolute Gasteiger partial charge is 0.339 e. The number of carboxylic acid groups (broad SMARTS) is 1. The van der Waals surface area contributed by atoms with Gasteiger partial charge in [0, 0.05) is 0 Å². The number of amides is 2. The Labute approximate surface area is 211 Å². The summed E-state index contributed by atoms with van der Waals surface area (Å²) >= 11 is 0. The number of aliphatic carboxylic acids is 1. The number of rotatable bonds is 13. The number of anilines is 1. The third-order valence-electron chi connectivity index (χ3n) is 5.63. The van der Waals surface area contributed by atoms with E-state index in [1.54, 1.807) is 18.2 Å². The zero-order valence-corrected chi connectivity index (χ0v) is 21.1. The van der Waals surface area contributed by atoms with Crippen LogP contribution in [0.4, 0.5) is 5.69 Å². The van der Waals surface area contributed by atoms with Gasteiger partial charge < -0.3 is 20.5 Å². The molecule has 2 aromatic rings. The Bertz CT molecular complexity index is 1040. The third-order valence-corrected chi connectivity index (χ3v) is 5.63. The van der Waals surface area contributed by atoms with E-state index in [1.165, 1.54) is 20.1 Å². The number of carbonyl (C=O) groups excluding carboxylic acids is 3. The summed E-state index contributed by atoms with van der Waals surface area (Å²) in [5.74, 6) is -2.56. The molecule has 9 heteroatoms. The second-order valence-electron chi connectivity index (χ2n) is 9.02. The van der Waals surface area contributed by atoms with Crippen molar-refractivity contribution in [1.82, 2.24) is 10.6 Å². The number of nitrogens with one attached hydrogen (secondary N) is 3. The van der Waals surface area contributed by atoms with E-state index in [-0.39, 0.29) is 17.2 Å². The van der Waals surface area contributed by atoms with Gasteiger partial charge in [-0.1, -0.05) is 56.3 Å². The number of para-hydroxylation sites is 1. The van der Waals surface area contributed by atoms with Crippen molar-refractivity contribution in [2.75, 3.05) is 12.4 Å². The highest BCUT2D eigenvalue weighted by molar-refractivity contribution is 6.03. The molecule has 2 aromatic carbocycles. The molecule has 0 aromatic heterocycles. The maximum atomic E-state index is 13.3. The molecule has 0 aliphatic rings. The molecule has 0 bridgehead atoms. The van der Waals surface area contributed by atoms with Crippen LogP contribution in [0.25, 0.3) is 0 Å². The maximum Gasteiger partial charge on any atom is 0.339 e. The minimum atomic E-state index is -1.08. The van der Waals surface area contributed by atoms with Gasteiger partial charge in [-0.2, -0.15) is 0 Å². The Morgan fingerprint density at radius 3 is 2.14 bits per heavy atom. The van der Waals surface area contributed by atoms with E-state index in [0.717, 1.165) is 5.56 Å². The van der Waals surface area contributed by atoms with Crippen molar-refractivity contribution in [2.45, 2.75) is 58.2 Å². The van der Waals surface area contributed by atoms with Crippen LogP contribution in [0.5, 0.6) is 0 Å². The van der Waals surface area contributed by atoms with E-state index >= 15 is 0 Å². The van der Waals surface area contributed by atoms with Crippen molar-refractivity contribution < 1.29 is 29.0 Å². The molecule has 0 aliphatic carbocycles. The summed E-state index contributed by atoms with van der Waals surface area (Å²) in [7, 11) is 1.25. The molecule has 0 aliphatic heterocycles. The standard InChI is InChI=1S/C27H35N3O6/c1-17(2)16-23(25(32)29-21-13-9-8-12-20(21)27(35)36-4)30-24(31)22(28-18(3)26(33)34)15-14-19-10-6-5-7-11-19/h5-13,17-18,22-23,28H,14-16H2,1-4H3,(H,29,32)(H,30,31)(H,33,34)/t18-,22+,23+/m1/s1. The van der Waals surface area contributed by atoms with Gasteiger partial charge in [0.2, 0.25) is 11.8 Å². The number of carboxylic acids is 1. The highest BCUT2D eigenvalue weighted by Gasteiger charge is 2.29. The number of benzene rings is 2. The molecule has 194 valence electrons. The molecule has 2 amide bonds. The van der Waals surface area contributed by atoms with Crippen LogP contribution in [0.3, 0.4) is 0 Å². The normalized spacial score (nSPS) is 13.4. The number of methoxy groups -OCH3 is 1. The molecule has 0 saturated heterocycles. The largest absolute Gasteiger partial charge is 0.480 e. The summed E-state index contributed by atoms with van der Waals surface area (Å²) in [6, 6.07) is 13.3. The summed E-state index contributed by atoms with van der Waals surface area (Å²) in [6.45, 7) is 5.31. The van der Waals surface area contributed by atoms with Crippen molar-refractivity contribution in [2.24, 2.45) is 5.92 Å². The van der Waals surface area contributed by atoms with Crippen LogP contribution >= 0.6 is 0 Å². The van der Waals surface area contributed by atoms with E-state index in [4.69, 9.17) is 4.74 Å². The first-order valence-corrected chi connectivity index (χ1v) is 11.9. The monoisotopic (exact) mass is 497 g/mol. The van der Waals surface area contributed by atoms with Crippen molar-refractivity contribution >= 4 is 29.4 Å². The topological polar surface area (TPSA) is 134 Å². The lowest BCUT2D eigenvalue weighted by atomic mass is 10.0. The Balaban J connectivity index is 2.20. The van der Waals surface area contributed by atoms with E-state index in [9.17, 15) is 24.3 Å². The van der Waals surface area contributed by atoms with Crippen LogP contribution in [0, 0.1) is 5.92 Å². The van der Waals surface area contributed by atoms with Crippen molar-refractivity contribution in [3.8, 4) is 0 Å². The van der Waals surface area contributed by atoms with Gasteiger partial charge in [0.15, 0.2) is 0 Å². The maximum absolute atomic E-state index is 13.3. The first-order valence-electron chi connectivity index (χ1n) is 11.9. The van der Waals surface area contributed by atoms with Crippen LogP contribution < -0.4 is 16.0 Å². The molecule has 0 unspecified atom stereocenters. The van der Waals surface area contributed by atoms with E-state index in [1.807, 2.05) is 44.2 Å². The van der Waals surface area contributed by atoms with Gasteiger partial charge in [-0.15, -0.1) is 0 Å². The fourth-order valence-corrected chi connectivity index (χ4v) is 3.69. The minimum absolute atomic E-state index is 0.0746. The lowest BCUT2D eigenvalue weighted by Gasteiger charge is -2.25. The summed E-state index contributed by atoms with van der Waals surface area (Å²) in [5.41, 5.74) is 1.48. The molecule has 0 saturated carbocycles. The van der Waals surface area contributed by atoms with Crippen LogP contribution in [0.2, 0.25) is 0 Å². The number of hydrogen-bond acceptors (Lipinski definition) is 6. The van der Waals surface area contributed by atoms with Gasteiger partial charge in [-0.3, -0.25) is 19.7 Å². The molecule has 36 heavy (non-hydrogen) atoms. The van der Waals surface area contributed by atoms with Crippen LogP contribution in [-0.2, 0) is 25.5 Å². The first-order chi connectivity index (χ1) is 17.1. The highest BCUT2D eigenvalue weighted by Crippen LogP contribution is 2.18.